The Kier molecular flexibility index (Phi) is 3.77. The molecule has 1 heterocycles. The number of hydrogen-bond acceptors (Lipinski definition) is 2. The molecule has 0 bridgehead atoms. The summed E-state index contributed by atoms with van der Waals surface area (Å²) in [5.74, 6) is 0.911. The third-order valence-electron chi connectivity index (χ3n) is 4.65. The number of nitrogen functional groups attached to an aromatic ring is 1. The van der Waals surface area contributed by atoms with Gasteiger partial charge in [0.25, 0.3) is 0 Å². The van der Waals surface area contributed by atoms with Crippen LogP contribution in [0.5, 0.6) is 0 Å². The molecule has 20 heavy (non-hydrogen) atoms. The largest absolute Gasteiger partial charge is 0.399 e. The van der Waals surface area contributed by atoms with Gasteiger partial charge in [-0.05, 0) is 49.0 Å². The van der Waals surface area contributed by atoms with Crippen LogP contribution < -0.4 is 5.73 Å². The molecule has 1 aliphatic carbocycles. The van der Waals surface area contributed by atoms with Crippen LogP contribution in [-0.4, -0.2) is 23.4 Å². The first-order chi connectivity index (χ1) is 9.74. The molecule has 1 aliphatic heterocycles. The number of rotatable bonds is 2. The predicted molar refractivity (Wildman–Crippen MR) is 82.0 cm³/mol. The zero-order chi connectivity index (χ0) is 13.9. The summed E-state index contributed by atoms with van der Waals surface area (Å²) in [5, 5.41) is 0. The Bertz CT molecular complexity index is 506. The molecule has 1 aromatic rings. The van der Waals surface area contributed by atoms with Gasteiger partial charge in [0.1, 0.15) is 0 Å². The van der Waals surface area contributed by atoms with Crippen LogP contribution in [0.25, 0.3) is 6.08 Å². The van der Waals surface area contributed by atoms with E-state index < -0.39 is 0 Å². The molecule has 1 saturated heterocycles. The van der Waals surface area contributed by atoms with Gasteiger partial charge in [-0.2, -0.15) is 0 Å². The highest BCUT2D eigenvalue weighted by atomic mass is 16.2. The van der Waals surface area contributed by atoms with Gasteiger partial charge in [0, 0.05) is 24.4 Å². The first-order valence-electron chi connectivity index (χ1n) is 7.58. The average Bonchev–Trinajstić information content (AvgIpc) is 2.90. The maximum absolute atomic E-state index is 12.4. The second-order valence-corrected chi connectivity index (χ2v) is 5.93. The summed E-state index contributed by atoms with van der Waals surface area (Å²) in [6, 6.07) is 8.08. The number of hydrogen-bond donors (Lipinski definition) is 1. The van der Waals surface area contributed by atoms with E-state index in [0.717, 1.165) is 23.7 Å². The third-order valence-corrected chi connectivity index (χ3v) is 4.65. The first-order valence-corrected chi connectivity index (χ1v) is 7.58. The SMILES string of the molecule is Nc1ccc(/C=C/C(=O)N2CCC3CCCCC32)cc1. The molecular formula is C17H22N2O. The summed E-state index contributed by atoms with van der Waals surface area (Å²) < 4.78 is 0. The third kappa shape index (κ3) is 2.72. The Morgan fingerprint density at radius 1 is 1.15 bits per heavy atom. The van der Waals surface area contributed by atoms with Gasteiger partial charge in [-0.25, -0.2) is 0 Å². The fourth-order valence-electron chi connectivity index (χ4n) is 3.55. The van der Waals surface area contributed by atoms with Gasteiger partial charge in [0.2, 0.25) is 5.91 Å². The summed E-state index contributed by atoms with van der Waals surface area (Å²) >= 11 is 0. The molecule has 106 valence electrons. The quantitative estimate of drug-likeness (QED) is 0.663. The van der Waals surface area contributed by atoms with Crippen LogP contribution in [0, 0.1) is 5.92 Å². The normalized spacial score (nSPS) is 25.9. The van der Waals surface area contributed by atoms with E-state index in [9.17, 15) is 4.79 Å². The molecule has 0 radical (unpaired) electrons. The van der Waals surface area contributed by atoms with E-state index in [1.807, 2.05) is 30.3 Å². The number of nitrogens with zero attached hydrogens (tertiary/aromatic N) is 1. The molecule has 2 fully saturated rings. The predicted octanol–water partition coefficient (Wildman–Crippen LogP) is 3.07. The Morgan fingerprint density at radius 3 is 2.70 bits per heavy atom. The fourth-order valence-corrected chi connectivity index (χ4v) is 3.55. The summed E-state index contributed by atoms with van der Waals surface area (Å²) in [4.78, 5) is 14.4. The maximum Gasteiger partial charge on any atom is 0.246 e. The van der Waals surface area contributed by atoms with Crippen molar-refractivity contribution in [2.45, 2.75) is 38.1 Å². The molecule has 2 aliphatic rings. The smallest absolute Gasteiger partial charge is 0.246 e. The summed E-state index contributed by atoms with van der Waals surface area (Å²) in [6.45, 7) is 0.931. The molecule has 2 unspecified atom stereocenters. The highest BCUT2D eigenvalue weighted by Crippen LogP contribution is 2.36. The minimum absolute atomic E-state index is 0.163. The topological polar surface area (TPSA) is 46.3 Å². The van der Waals surface area contributed by atoms with Crippen LogP contribution in [0.1, 0.15) is 37.7 Å². The molecule has 2 atom stereocenters. The molecule has 3 nitrogen and oxygen atoms in total. The zero-order valence-electron chi connectivity index (χ0n) is 11.8. The van der Waals surface area contributed by atoms with Gasteiger partial charge in [0.15, 0.2) is 0 Å². The Labute approximate surface area is 120 Å². The first kappa shape index (κ1) is 13.2. The number of anilines is 1. The van der Waals surface area contributed by atoms with Crippen LogP contribution >= 0.6 is 0 Å². The van der Waals surface area contributed by atoms with Gasteiger partial charge in [-0.3, -0.25) is 4.79 Å². The van der Waals surface area contributed by atoms with Gasteiger partial charge in [0.05, 0.1) is 0 Å². The lowest BCUT2D eigenvalue weighted by atomic mass is 9.85. The minimum atomic E-state index is 0.163. The van der Waals surface area contributed by atoms with Crippen molar-refractivity contribution in [1.29, 1.82) is 0 Å². The van der Waals surface area contributed by atoms with Crippen LogP contribution in [-0.2, 0) is 4.79 Å². The lowest BCUT2D eigenvalue weighted by Crippen LogP contribution is -2.38. The number of nitrogens with two attached hydrogens (primary N) is 1. The van der Waals surface area contributed by atoms with E-state index in [1.54, 1.807) is 6.08 Å². The van der Waals surface area contributed by atoms with Crippen molar-refractivity contribution in [2.24, 2.45) is 5.92 Å². The van der Waals surface area contributed by atoms with Crippen molar-refractivity contribution in [3.63, 3.8) is 0 Å². The maximum atomic E-state index is 12.4. The standard InChI is InChI=1S/C17H22N2O/c18-15-8-5-13(6-9-15)7-10-17(20)19-12-11-14-3-1-2-4-16(14)19/h5-10,14,16H,1-4,11-12,18H2/b10-7+. The van der Waals surface area contributed by atoms with Gasteiger partial charge in [-0.1, -0.05) is 25.0 Å². The zero-order valence-corrected chi connectivity index (χ0v) is 11.8. The van der Waals surface area contributed by atoms with E-state index in [-0.39, 0.29) is 5.91 Å². The molecule has 1 saturated carbocycles. The lowest BCUT2D eigenvalue weighted by Gasteiger charge is -2.31. The van der Waals surface area contributed by atoms with Crippen molar-refractivity contribution in [3.05, 3.63) is 35.9 Å². The second-order valence-electron chi connectivity index (χ2n) is 5.93. The van der Waals surface area contributed by atoms with Crippen LogP contribution in [0.15, 0.2) is 30.3 Å². The molecule has 3 heteroatoms. The summed E-state index contributed by atoms with van der Waals surface area (Å²) in [7, 11) is 0. The number of benzene rings is 1. The Morgan fingerprint density at radius 2 is 1.90 bits per heavy atom. The van der Waals surface area contributed by atoms with E-state index in [0.29, 0.717) is 6.04 Å². The lowest BCUT2D eigenvalue weighted by molar-refractivity contribution is -0.127. The molecular weight excluding hydrogens is 248 g/mol. The van der Waals surface area contributed by atoms with Crippen LogP contribution in [0.3, 0.4) is 0 Å². The number of carbonyl (C=O) groups is 1. The van der Waals surface area contributed by atoms with Crippen molar-refractivity contribution >= 4 is 17.7 Å². The number of fused-ring (bicyclic) bond motifs is 1. The highest BCUT2D eigenvalue weighted by Gasteiger charge is 2.37. The van der Waals surface area contributed by atoms with E-state index in [4.69, 9.17) is 5.73 Å². The van der Waals surface area contributed by atoms with Crippen LogP contribution in [0.2, 0.25) is 0 Å². The highest BCUT2D eigenvalue weighted by molar-refractivity contribution is 5.92. The molecule has 3 rings (SSSR count). The van der Waals surface area contributed by atoms with Gasteiger partial charge >= 0.3 is 0 Å². The van der Waals surface area contributed by atoms with Crippen molar-refractivity contribution in [3.8, 4) is 0 Å². The van der Waals surface area contributed by atoms with Crippen molar-refractivity contribution in [1.82, 2.24) is 4.90 Å². The summed E-state index contributed by atoms with van der Waals surface area (Å²) in [5.41, 5.74) is 7.42. The van der Waals surface area contributed by atoms with E-state index >= 15 is 0 Å². The molecule has 0 spiro atoms. The number of amides is 1. The fraction of sp³-hybridized carbons (Fsp3) is 0.471. The number of likely N-dealkylation sites (tertiary alicyclic amines) is 1. The van der Waals surface area contributed by atoms with E-state index in [2.05, 4.69) is 4.90 Å². The molecule has 1 aromatic carbocycles. The molecule has 0 aromatic heterocycles. The van der Waals surface area contributed by atoms with Crippen molar-refractivity contribution < 1.29 is 4.79 Å². The van der Waals surface area contributed by atoms with Crippen LogP contribution in [0.4, 0.5) is 5.69 Å². The van der Waals surface area contributed by atoms with E-state index in [1.165, 1.54) is 32.1 Å². The monoisotopic (exact) mass is 270 g/mol. The molecule has 2 N–H and O–H groups in total. The molecule has 1 amide bonds. The summed E-state index contributed by atoms with van der Waals surface area (Å²) in [6.07, 6.45) is 9.88. The second kappa shape index (κ2) is 5.70. The van der Waals surface area contributed by atoms with Crippen molar-refractivity contribution in [2.75, 3.05) is 12.3 Å². The van der Waals surface area contributed by atoms with Gasteiger partial charge in [-0.15, -0.1) is 0 Å². The Balaban J connectivity index is 1.65. The minimum Gasteiger partial charge on any atom is -0.399 e. The Hall–Kier alpha value is -1.77. The van der Waals surface area contributed by atoms with Gasteiger partial charge < -0.3 is 10.6 Å². The number of carbonyl (C=O) groups excluding carboxylic acids is 1. The average molecular weight is 270 g/mol.